The Morgan fingerprint density at radius 3 is 1.79 bits per heavy atom. The van der Waals surface area contributed by atoms with Crippen molar-refractivity contribution >= 4 is 8.16 Å². The van der Waals surface area contributed by atoms with Crippen LogP contribution in [0.3, 0.4) is 0 Å². The molecule has 0 radical (unpaired) electrons. The van der Waals surface area contributed by atoms with E-state index in [1.807, 2.05) is 31.2 Å². The smallest absolute Gasteiger partial charge is 0.335 e. The molecule has 0 amide bonds. The van der Waals surface area contributed by atoms with Gasteiger partial charge in [0.25, 0.3) is 0 Å². The molecule has 0 fully saturated rings. The van der Waals surface area contributed by atoms with E-state index in [1.165, 1.54) is 5.56 Å². The number of aryl methyl sites for hydroxylation is 1. The normalized spacial score (nSPS) is 9.05. The Kier molecular flexibility index (Phi) is 6.71. The van der Waals surface area contributed by atoms with Gasteiger partial charge in [-0.2, -0.15) is 0 Å². The monoisotopic (exact) mass is 380 g/mol. The van der Waals surface area contributed by atoms with Crippen LogP contribution in [0.25, 0.3) is 0 Å². The molecule has 0 bridgehead atoms. The summed E-state index contributed by atoms with van der Waals surface area (Å²) in [6, 6.07) is 16.0. The molecule has 4 heteroatoms. The number of aromatic carboxylic acids is 1. The number of carbonyl (C=O) groups excluding carboxylic acids is 1. The number of hydrogen-bond donors (Lipinski definition) is 1. The number of rotatable bonds is 2. The summed E-state index contributed by atoms with van der Waals surface area (Å²) in [5, 5.41) is 8.38. The molecule has 1 N–H and O–H groups in total. The number of carboxylic acids is 1. The second-order valence-electron chi connectivity index (χ2n) is 3.90. The van der Waals surface area contributed by atoms with Crippen LogP contribution in [0.15, 0.2) is 54.6 Å². The van der Waals surface area contributed by atoms with Gasteiger partial charge in [0.15, 0.2) is 0 Å². The fraction of sp³-hybridized carbons (Fsp3) is 0.0667. The van der Waals surface area contributed by atoms with Gasteiger partial charge in [0.2, 0.25) is 0 Å². The molecular weight excluding hydrogens is 367 g/mol. The van der Waals surface area contributed by atoms with E-state index in [1.54, 1.807) is 30.3 Å². The largest absolute Gasteiger partial charge is 0.478 e. The Bertz CT molecular complexity index is 547. The van der Waals surface area contributed by atoms with Crippen molar-refractivity contribution in [2.24, 2.45) is 0 Å². The molecule has 2 aromatic carbocycles. The maximum Gasteiger partial charge on any atom is 0.335 e. The molecule has 3 nitrogen and oxygen atoms in total. The number of carboxylic acid groups (broad SMARTS) is 1. The topological polar surface area (TPSA) is 54.4 Å². The first-order valence-corrected chi connectivity index (χ1v) is 7.47. The molecule has 0 atom stereocenters. The van der Waals surface area contributed by atoms with Gasteiger partial charge in [0.1, 0.15) is 0 Å². The van der Waals surface area contributed by atoms with Gasteiger partial charge in [-0.05, 0) is 12.1 Å². The average Bonchev–Trinajstić information content (AvgIpc) is 2.41. The van der Waals surface area contributed by atoms with E-state index in [4.69, 9.17) is 5.11 Å². The Labute approximate surface area is 134 Å². The van der Waals surface area contributed by atoms with E-state index in [2.05, 4.69) is 0 Å². The zero-order valence-corrected chi connectivity index (χ0v) is 14.2. The van der Waals surface area contributed by atoms with Crippen LogP contribution >= 0.6 is 0 Å². The molecule has 0 heterocycles. The van der Waals surface area contributed by atoms with Crippen molar-refractivity contribution in [3.8, 4) is 0 Å². The minimum Gasteiger partial charge on any atom is -0.478 e. The van der Waals surface area contributed by atoms with Crippen molar-refractivity contribution in [2.75, 3.05) is 0 Å². The summed E-state index contributed by atoms with van der Waals surface area (Å²) in [5.41, 5.74) is 2.39. The van der Waals surface area contributed by atoms with Crippen LogP contribution in [0.4, 0.5) is 0 Å². The van der Waals surface area contributed by atoms with E-state index < -0.39 is 5.97 Å². The molecule has 0 spiro atoms. The fourth-order valence-electron chi connectivity index (χ4n) is 1.30. The standard InChI is InChI=1S/C8H7O.C7H6O2.La/c1-7-2-4-8(6-9)5-3-7;8-7(9)6-4-2-1-3-5-6;/h2-5H,1H3;1-5H,(H,8,9);. The summed E-state index contributed by atoms with van der Waals surface area (Å²) in [6.45, 7) is 2.02. The molecule has 0 aromatic heterocycles. The zero-order chi connectivity index (χ0) is 14.3. The van der Waals surface area contributed by atoms with Gasteiger partial charge in [-0.1, -0.05) is 18.2 Å². The summed E-state index contributed by atoms with van der Waals surface area (Å²) < 4.78 is 0.292. The molecule has 0 saturated heterocycles. The van der Waals surface area contributed by atoms with Gasteiger partial charge in [-0.25, -0.2) is 4.79 Å². The first-order chi connectivity index (χ1) is 9.00. The maximum absolute atomic E-state index is 10.8. The van der Waals surface area contributed by atoms with Crippen LogP contribution in [0.5, 0.6) is 0 Å². The molecule has 2 aromatic rings. The minimum atomic E-state index is -0.879. The third-order valence-corrected chi connectivity index (χ3v) is 3.40. The van der Waals surface area contributed by atoms with Crippen molar-refractivity contribution in [1.82, 2.24) is 0 Å². The van der Waals surface area contributed by atoms with Crippen molar-refractivity contribution in [3.05, 3.63) is 71.3 Å². The Hall–Kier alpha value is -1.23. The predicted molar refractivity (Wildman–Crippen MR) is 68.9 cm³/mol. The third kappa shape index (κ3) is 5.97. The Morgan fingerprint density at radius 2 is 1.42 bits per heavy atom. The first kappa shape index (κ1) is 15.8. The van der Waals surface area contributed by atoms with Gasteiger partial charge in [-0.3, -0.25) is 0 Å². The van der Waals surface area contributed by atoms with Crippen LogP contribution in [-0.2, 0) is 0 Å². The van der Waals surface area contributed by atoms with Gasteiger partial charge in [0, 0.05) is 0 Å². The van der Waals surface area contributed by atoms with E-state index in [9.17, 15) is 9.59 Å². The van der Waals surface area contributed by atoms with Crippen LogP contribution in [0.2, 0.25) is 0 Å². The molecule has 94 valence electrons. The second-order valence-corrected chi connectivity index (χ2v) is 5.55. The predicted octanol–water partition coefficient (Wildman–Crippen LogP) is 3.07. The number of carbonyl (C=O) groups is 2. The van der Waals surface area contributed by atoms with Crippen molar-refractivity contribution in [1.29, 1.82) is 0 Å². The summed E-state index contributed by atoms with van der Waals surface area (Å²) in [5.74, 6) is -0.879. The van der Waals surface area contributed by atoms with Crippen LogP contribution in [-0.4, -0.2) is 13.3 Å². The quantitative estimate of drug-likeness (QED) is 0.872. The summed E-state index contributed by atoms with van der Waals surface area (Å²) in [4.78, 5) is 21.0. The summed E-state index contributed by atoms with van der Waals surface area (Å²) >= 11 is 0.424. The molecular formula is C15H13LaO3. The van der Waals surface area contributed by atoms with E-state index >= 15 is 0 Å². The third-order valence-electron chi connectivity index (χ3n) is 2.36. The van der Waals surface area contributed by atoms with E-state index in [0.29, 0.717) is 41.5 Å². The maximum atomic E-state index is 10.8. The van der Waals surface area contributed by atoms with E-state index in [0.717, 1.165) is 5.56 Å². The second kappa shape index (κ2) is 8.05. The van der Waals surface area contributed by atoms with Crippen LogP contribution < -0.4 is 0 Å². The molecule has 0 unspecified atom stereocenters. The van der Waals surface area contributed by atoms with Gasteiger partial charge in [0.05, 0.1) is 5.56 Å². The van der Waals surface area contributed by atoms with Gasteiger partial charge >= 0.3 is 89.0 Å². The SMILES string of the molecule is Cc1ccc([C](=O)[La])cc1.O=C(O)c1ccccc1. The fourth-order valence-corrected chi connectivity index (χ4v) is 1.90. The van der Waals surface area contributed by atoms with Crippen molar-refractivity contribution in [2.45, 2.75) is 6.92 Å². The van der Waals surface area contributed by atoms with Crippen LogP contribution in [0.1, 0.15) is 26.3 Å². The number of hydrogen-bond acceptors (Lipinski definition) is 2. The summed E-state index contributed by atoms with van der Waals surface area (Å²) in [7, 11) is 0. The molecule has 0 saturated carbocycles. The summed E-state index contributed by atoms with van der Waals surface area (Å²) in [6.07, 6.45) is 0. The van der Waals surface area contributed by atoms with Crippen molar-refractivity contribution in [3.63, 3.8) is 0 Å². The molecule has 0 aliphatic rings. The Balaban J connectivity index is 0.000000191. The Morgan fingerprint density at radius 1 is 0.895 bits per heavy atom. The van der Waals surface area contributed by atoms with Crippen molar-refractivity contribution < 1.29 is 48.4 Å². The first-order valence-electron chi connectivity index (χ1n) is 5.65. The van der Waals surface area contributed by atoms with E-state index in [-0.39, 0.29) is 0 Å². The zero-order valence-electron chi connectivity index (χ0n) is 10.5. The molecule has 0 aliphatic heterocycles. The van der Waals surface area contributed by atoms with Gasteiger partial charge < -0.3 is 5.11 Å². The van der Waals surface area contributed by atoms with Gasteiger partial charge in [-0.15, -0.1) is 0 Å². The number of benzene rings is 2. The molecule has 19 heavy (non-hydrogen) atoms. The molecule has 0 aliphatic carbocycles. The molecule has 2 rings (SSSR count). The average molecular weight is 380 g/mol. The van der Waals surface area contributed by atoms with Crippen LogP contribution in [0, 0.1) is 40.7 Å². The minimum absolute atomic E-state index is 0.292.